The summed E-state index contributed by atoms with van der Waals surface area (Å²) in [6.07, 6.45) is 1.70. The van der Waals surface area contributed by atoms with Crippen molar-refractivity contribution < 1.29 is 19.1 Å². The Morgan fingerprint density at radius 3 is 2.39 bits per heavy atom. The predicted octanol–water partition coefficient (Wildman–Crippen LogP) is 5.48. The number of imide groups is 1. The van der Waals surface area contributed by atoms with Crippen LogP contribution in [0.3, 0.4) is 0 Å². The van der Waals surface area contributed by atoms with Crippen molar-refractivity contribution in [1.29, 1.82) is 0 Å². The van der Waals surface area contributed by atoms with Gasteiger partial charge in [-0.3, -0.25) is 14.5 Å². The van der Waals surface area contributed by atoms with Gasteiger partial charge in [-0.2, -0.15) is 0 Å². The fourth-order valence-electron chi connectivity index (χ4n) is 2.75. The normalized spacial score (nSPS) is 15.4. The highest BCUT2D eigenvalue weighted by Crippen LogP contribution is 2.38. The molecule has 5 nitrogen and oxygen atoms in total. The molecule has 1 aliphatic heterocycles. The van der Waals surface area contributed by atoms with Gasteiger partial charge < -0.3 is 9.47 Å². The van der Waals surface area contributed by atoms with Crippen LogP contribution < -0.4 is 9.47 Å². The SMILES string of the molecule is CCOc1cc(OCC)c(/C=C2\SC(=O)N(Cc3ccccc3)C2=O)cc1Br. The van der Waals surface area contributed by atoms with Gasteiger partial charge in [-0.15, -0.1) is 0 Å². The van der Waals surface area contributed by atoms with Crippen LogP contribution in [0.25, 0.3) is 6.08 Å². The molecule has 146 valence electrons. The highest BCUT2D eigenvalue weighted by molar-refractivity contribution is 9.10. The molecular weight excluding hydrogens is 442 g/mol. The van der Waals surface area contributed by atoms with Crippen molar-refractivity contribution in [2.24, 2.45) is 0 Å². The Balaban J connectivity index is 1.89. The van der Waals surface area contributed by atoms with Crippen LogP contribution >= 0.6 is 27.7 Å². The zero-order valence-corrected chi connectivity index (χ0v) is 18.0. The summed E-state index contributed by atoms with van der Waals surface area (Å²) in [5, 5.41) is -0.275. The van der Waals surface area contributed by atoms with Gasteiger partial charge in [0.05, 0.1) is 29.1 Å². The number of hydrogen-bond acceptors (Lipinski definition) is 5. The molecule has 2 aromatic rings. The molecule has 0 saturated carbocycles. The lowest BCUT2D eigenvalue weighted by atomic mass is 10.1. The van der Waals surface area contributed by atoms with E-state index in [2.05, 4.69) is 15.9 Å². The quantitative estimate of drug-likeness (QED) is 0.510. The molecule has 1 fully saturated rings. The molecule has 0 atom stereocenters. The minimum absolute atomic E-state index is 0.258. The number of rotatable bonds is 7. The topological polar surface area (TPSA) is 55.8 Å². The highest BCUT2D eigenvalue weighted by atomic mass is 79.9. The fraction of sp³-hybridized carbons (Fsp3) is 0.238. The number of carbonyl (C=O) groups excluding carboxylic acids is 2. The number of carbonyl (C=O) groups is 2. The maximum Gasteiger partial charge on any atom is 0.293 e. The van der Waals surface area contributed by atoms with Crippen LogP contribution in [0.15, 0.2) is 51.8 Å². The maximum atomic E-state index is 12.8. The van der Waals surface area contributed by atoms with Crippen molar-refractivity contribution in [3.8, 4) is 11.5 Å². The largest absolute Gasteiger partial charge is 0.493 e. The fourth-order valence-corrected chi connectivity index (χ4v) is 4.06. The lowest BCUT2D eigenvalue weighted by molar-refractivity contribution is -0.123. The van der Waals surface area contributed by atoms with Gasteiger partial charge in [0.1, 0.15) is 11.5 Å². The summed E-state index contributed by atoms with van der Waals surface area (Å²) in [5.41, 5.74) is 1.62. The zero-order chi connectivity index (χ0) is 20.1. The third-order valence-electron chi connectivity index (χ3n) is 4.01. The number of amides is 2. The van der Waals surface area contributed by atoms with Crippen LogP contribution in [-0.4, -0.2) is 29.3 Å². The highest BCUT2D eigenvalue weighted by Gasteiger charge is 2.35. The van der Waals surface area contributed by atoms with E-state index in [4.69, 9.17) is 9.47 Å². The summed E-state index contributed by atoms with van der Waals surface area (Å²) in [5.74, 6) is 0.968. The van der Waals surface area contributed by atoms with E-state index in [1.807, 2.05) is 50.2 Å². The van der Waals surface area contributed by atoms with Gasteiger partial charge in [0.25, 0.3) is 11.1 Å². The molecule has 0 radical (unpaired) electrons. The molecule has 0 unspecified atom stereocenters. The molecule has 1 aliphatic rings. The maximum absolute atomic E-state index is 12.8. The van der Waals surface area contributed by atoms with E-state index in [0.717, 1.165) is 21.8 Å². The van der Waals surface area contributed by atoms with Crippen LogP contribution in [-0.2, 0) is 11.3 Å². The van der Waals surface area contributed by atoms with Crippen LogP contribution in [0, 0.1) is 0 Å². The van der Waals surface area contributed by atoms with E-state index >= 15 is 0 Å². The Morgan fingerprint density at radius 2 is 1.71 bits per heavy atom. The lowest BCUT2D eigenvalue weighted by Crippen LogP contribution is -2.27. The van der Waals surface area contributed by atoms with Gasteiger partial charge in [0, 0.05) is 11.6 Å². The third kappa shape index (κ3) is 4.59. The van der Waals surface area contributed by atoms with Crippen molar-refractivity contribution in [2.75, 3.05) is 13.2 Å². The molecule has 2 aromatic carbocycles. The molecule has 2 amide bonds. The molecule has 1 heterocycles. The van der Waals surface area contributed by atoms with Gasteiger partial charge >= 0.3 is 0 Å². The number of nitrogens with zero attached hydrogens (tertiary/aromatic N) is 1. The first-order valence-electron chi connectivity index (χ1n) is 8.92. The van der Waals surface area contributed by atoms with E-state index in [1.165, 1.54) is 4.90 Å². The van der Waals surface area contributed by atoms with Crippen LogP contribution in [0.4, 0.5) is 4.79 Å². The Hall–Kier alpha value is -2.25. The van der Waals surface area contributed by atoms with Crippen molar-refractivity contribution in [3.05, 3.63) is 63.0 Å². The van der Waals surface area contributed by atoms with Gasteiger partial charge in [0.15, 0.2) is 0 Å². The average molecular weight is 462 g/mol. The summed E-state index contributed by atoms with van der Waals surface area (Å²) in [6, 6.07) is 13.1. The molecule has 0 N–H and O–H groups in total. The van der Waals surface area contributed by atoms with E-state index in [0.29, 0.717) is 35.2 Å². The average Bonchev–Trinajstić information content (AvgIpc) is 2.94. The standard InChI is InChI=1S/C21H20BrNO4S/c1-3-26-17-12-18(27-4-2)16(22)10-15(17)11-19-20(24)23(21(25)28-19)13-14-8-6-5-7-9-14/h5-12H,3-4,13H2,1-2H3/b19-11-. The van der Waals surface area contributed by atoms with Gasteiger partial charge in [-0.05, 0) is 59.2 Å². The molecule has 0 bridgehead atoms. The lowest BCUT2D eigenvalue weighted by Gasteiger charge is -2.13. The monoisotopic (exact) mass is 461 g/mol. The van der Waals surface area contributed by atoms with Gasteiger partial charge in [-0.1, -0.05) is 30.3 Å². The number of hydrogen-bond donors (Lipinski definition) is 0. The van der Waals surface area contributed by atoms with E-state index in [9.17, 15) is 9.59 Å². The zero-order valence-electron chi connectivity index (χ0n) is 15.6. The summed E-state index contributed by atoms with van der Waals surface area (Å²) >= 11 is 4.43. The second-order valence-corrected chi connectivity index (χ2v) is 7.79. The minimum atomic E-state index is -0.300. The Kier molecular flexibility index (Phi) is 6.80. The van der Waals surface area contributed by atoms with Crippen LogP contribution in [0.5, 0.6) is 11.5 Å². The number of halogens is 1. The van der Waals surface area contributed by atoms with E-state index < -0.39 is 0 Å². The predicted molar refractivity (Wildman–Crippen MR) is 114 cm³/mol. The smallest absolute Gasteiger partial charge is 0.293 e. The van der Waals surface area contributed by atoms with Crippen molar-refractivity contribution in [2.45, 2.75) is 20.4 Å². The number of thioether (sulfide) groups is 1. The molecule has 7 heteroatoms. The summed E-state index contributed by atoms with van der Waals surface area (Å²) < 4.78 is 12.1. The molecule has 0 aliphatic carbocycles. The molecule has 1 saturated heterocycles. The first-order valence-corrected chi connectivity index (χ1v) is 10.5. The molecule has 28 heavy (non-hydrogen) atoms. The van der Waals surface area contributed by atoms with Crippen molar-refractivity contribution >= 4 is 44.9 Å². The minimum Gasteiger partial charge on any atom is -0.493 e. The van der Waals surface area contributed by atoms with E-state index in [1.54, 1.807) is 12.1 Å². The first kappa shape index (κ1) is 20.5. The Morgan fingerprint density at radius 1 is 1.04 bits per heavy atom. The van der Waals surface area contributed by atoms with Crippen LogP contribution in [0.2, 0.25) is 0 Å². The van der Waals surface area contributed by atoms with Crippen LogP contribution in [0.1, 0.15) is 25.0 Å². The summed E-state index contributed by atoms with van der Waals surface area (Å²) in [4.78, 5) is 26.8. The molecule has 3 rings (SSSR count). The Labute approximate surface area is 176 Å². The second kappa shape index (κ2) is 9.30. The summed E-state index contributed by atoms with van der Waals surface area (Å²) in [6.45, 7) is 5.06. The molecular formula is C21H20BrNO4S. The van der Waals surface area contributed by atoms with E-state index in [-0.39, 0.29) is 17.7 Å². The van der Waals surface area contributed by atoms with Gasteiger partial charge in [-0.25, -0.2) is 0 Å². The number of ether oxygens (including phenoxy) is 2. The number of benzene rings is 2. The molecule has 0 spiro atoms. The third-order valence-corrected chi connectivity index (χ3v) is 5.53. The first-order chi connectivity index (χ1) is 13.5. The van der Waals surface area contributed by atoms with Gasteiger partial charge in [0.2, 0.25) is 0 Å². The van der Waals surface area contributed by atoms with Crippen molar-refractivity contribution in [3.63, 3.8) is 0 Å². The Bertz CT molecular complexity index is 914. The van der Waals surface area contributed by atoms with Crippen molar-refractivity contribution in [1.82, 2.24) is 4.90 Å². The molecule has 0 aromatic heterocycles. The second-order valence-electron chi connectivity index (χ2n) is 5.94. The summed E-state index contributed by atoms with van der Waals surface area (Å²) in [7, 11) is 0.